The van der Waals surface area contributed by atoms with Crippen molar-refractivity contribution in [3.05, 3.63) is 34.9 Å². The van der Waals surface area contributed by atoms with E-state index in [9.17, 15) is 0 Å². The first-order valence-corrected chi connectivity index (χ1v) is 7.06. The van der Waals surface area contributed by atoms with Crippen LogP contribution in [0.5, 0.6) is 0 Å². The Morgan fingerprint density at radius 1 is 1.11 bits per heavy atom. The summed E-state index contributed by atoms with van der Waals surface area (Å²) >= 11 is 0. The van der Waals surface area contributed by atoms with Crippen LogP contribution >= 0.6 is 0 Å². The van der Waals surface area contributed by atoms with Crippen LogP contribution in [0.2, 0.25) is 0 Å². The van der Waals surface area contributed by atoms with Gasteiger partial charge in [-0.1, -0.05) is 36.6 Å². The summed E-state index contributed by atoms with van der Waals surface area (Å²) in [5.41, 5.74) is 4.10. The van der Waals surface area contributed by atoms with Gasteiger partial charge < -0.3 is 10.4 Å². The third-order valence-corrected chi connectivity index (χ3v) is 3.44. The molecule has 1 atom stereocenters. The van der Waals surface area contributed by atoms with Crippen LogP contribution < -0.4 is 5.32 Å². The molecule has 1 unspecified atom stereocenters. The first-order valence-electron chi connectivity index (χ1n) is 7.06. The highest BCUT2D eigenvalue weighted by Gasteiger charge is 2.07. The molecule has 2 N–H and O–H groups in total. The minimum atomic E-state index is 0.326. The Morgan fingerprint density at radius 3 is 2.56 bits per heavy atom. The van der Waals surface area contributed by atoms with Crippen molar-refractivity contribution >= 4 is 0 Å². The molecule has 2 heteroatoms. The number of hydrogen-bond donors (Lipinski definition) is 2. The van der Waals surface area contributed by atoms with Crippen molar-refractivity contribution < 1.29 is 5.11 Å². The van der Waals surface area contributed by atoms with Gasteiger partial charge >= 0.3 is 0 Å². The second-order valence-electron chi connectivity index (χ2n) is 5.17. The lowest BCUT2D eigenvalue weighted by Crippen LogP contribution is -2.20. The van der Waals surface area contributed by atoms with Gasteiger partial charge in [0.05, 0.1) is 0 Å². The standard InChI is InChI=1S/C16H27NO/c1-13-8-9-14(2)16(12-13)15(3)17-10-6-4-5-7-11-18/h8-9,12,15,17-18H,4-7,10-11H2,1-3H3. The summed E-state index contributed by atoms with van der Waals surface area (Å²) in [6, 6.07) is 7.06. The summed E-state index contributed by atoms with van der Waals surface area (Å²) in [6.07, 6.45) is 4.46. The monoisotopic (exact) mass is 249 g/mol. The molecule has 0 amide bonds. The van der Waals surface area contributed by atoms with Crippen molar-refractivity contribution in [1.82, 2.24) is 5.32 Å². The maximum Gasteiger partial charge on any atom is 0.0431 e. The van der Waals surface area contributed by atoms with Gasteiger partial charge in [-0.2, -0.15) is 0 Å². The van der Waals surface area contributed by atoms with Gasteiger partial charge in [-0.15, -0.1) is 0 Å². The molecule has 0 bridgehead atoms. The van der Waals surface area contributed by atoms with Crippen LogP contribution in [0.1, 0.15) is 55.3 Å². The van der Waals surface area contributed by atoms with Crippen LogP contribution in [0.25, 0.3) is 0 Å². The highest BCUT2D eigenvalue weighted by molar-refractivity contribution is 5.32. The second-order valence-corrected chi connectivity index (χ2v) is 5.17. The van der Waals surface area contributed by atoms with E-state index in [1.807, 2.05) is 0 Å². The van der Waals surface area contributed by atoms with Crippen LogP contribution in [-0.4, -0.2) is 18.3 Å². The molecule has 2 nitrogen and oxygen atoms in total. The topological polar surface area (TPSA) is 32.3 Å². The summed E-state index contributed by atoms with van der Waals surface area (Å²) < 4.78 is 0. The number of aliphatic hydroxyl groups excluding tert-OH is 1. The van der Waals surface area contributed by atoms with Gasteiger partial charge in [0.1, 0.15) is 0 Å². The van der Waals surface area contributed by atoms with E-state index in [4.69, 9.17) is 5.11 Å². The molecule has 1 rings (SSSR count). The molecule has 0 radical (unpaired) electrons. The maximum absolute atomic E-state index is 8.70. The minimum Gasteiger partial charge on any atom is -0.396 e. The molecule has 0 heterocycles. The average Bonchev–Trinajstić information content (AvgIpc) is 2.36. The van der Waals surface area contributed by atoms with Gasteiger partial charge in [-0.05, 0) is 51.3 Å². The lowest BCUT2D eigenvalue weighted by atomic mass is 10.00. The number of hydrogen-bond acceptors (Lipinski definition) is 2. The summed E-state index contributed by atoms with van der Waals surface area (Å²) in [6.45, 7) is 7.93. The number of rotatable bonds is 8. The first kappa shape index (κ1) is 15.2. The second kappa shape index (κ2) is 8.28. The predicted molar refractivity (Wildman–Crippen MR) is 77.9 cm³/mol. The predicted octanol–water partition coefficient (Wildman–Crippen LogP) is 3.51. The van der Waals surface area contributed by atoms with E-state index in [1.165, 1.54) is 29.5 Å². The van der Waals surface area contributed by atoms with E-state index >= 15 is 0 Å². The summed E-state index contributed by atoms with van der Waals surface area (Å²) in [7, 11) is 0. The fourth-order valence-electron chi connectivity index (χ4n) is 2.25. The van der Waals surface area contributed by atoms with E-state index in [1.54, 1.807) is 0 Å². The van der Waals surface area contributed by atoms with Gasteiger partial charge in [0.25, 0.3) is 0 Å². The molecule has 0 aliphatic rings. The minimum absolute atomic E-state index is 0.326. The Bertz CT molecular complexity index is 349. The Balaban J connectivity index is 2.31. The number of aryl methyl sites for hydroxylation is 2. The molecule has 102 valence electrons. The highest BCUT2D eigenvalue weighted by atomic mass is 16.2. The third kappa shape index (κ3) is 5.19. The van der Waals surface area contributed by atoms with Gasteiger partial charge in [0.2, 0.25) is 0 Å². The van der Waals surface area contributed by atoms with Crippen molar-refractivity contribution in [2.45, 2.75) is 52.5 Å². The van der Waals surface area contributed by atoms with Gasteiger partial charge in [0, 0.05) is 12.6 Å². The quantitative estimate of drug-likeness (QED) is 0.691. The normalized spacial score (nSPS) is 12.7. The zero-order valence-electron chi connectivity index (χ0n) is 12.0. The highest BCUT2D eigenvalue weighted by Crippen LogP contribution is 2.18. The van der Waals surface area contributed by atoms with Gasteiger partial charge in [-0.25, -0.2) is 0 Å². The molecule has 1 aromatic rings. The Kier molecular flexibility index (Phi) is 6.99. The molecular formula is C16H27NO. The molecule has 18 heavy (non-hydrogen) atoms. The summed E-state index contributed by atoms with van der Waals surface area (Å²) in [5.74, 6) is 0. The van der Waals surface area contributed by atoms with Crippen LogP contribution in [-0.2, 0) is 0 Å². The van der Waals surface area contributed by atoms with E-state index in [0.717, 1.165) is 19.4 Å². The third-order valence-electron chi connectivity index (χ3n) is 3.44. The SMILES string of the molecule is Cc1ccc(C)c(C(C)NCCCCCCO)c1. The average molecular weight is 249 g/mol. The number of aliphatic hydroxyl groups is 1. The van der Waals surface area contributed by atoms with E-state index in [0.29, 0.717) is 12.6 Å². The van der Waals surface area contributed by atoms with E-state index in [-0.39, 0.29) is 0 Å². The van der Waals surface area contributed by atoms with Gasteiger partial charge in [0.15, 0.2) is 0 Å². The molecule has 0 saturated carbocycles. The zero-order chi connectivity index (χ0) is 13.4. The molecule has 0 aromatic heterocycles. The lowest BCUT2D eigenvalue weighted by Gasteiger charge is -2.17. The largest absolute Gasteiger partial charge is 0.396 e. The lowest BCUT2D eigenvalue weighted by molar-refractivity contribution is 0.282. The smallest absolute Gasteiger partial charge is 0.0431 e. The summed E-state index contributed by atoms with van der Waals surface area (Å²) in [5, 5.41) is 12.3. The first-order chi connectivity index (χ1) is 8.65. The molecular weight excluding hydrogens is 222 g/mol. The molecule has 0 aliphatic heterocycles. The number of benzene rings is 1. The summed E-state index contributed by atoms with van der Waals surface area (Å²) in [4.78, 5) is 0. The number of unbranched alkanes of at least 4 members (excludes halogenated alkanes) is 3. The van der Waals surface area contributed by atoms with Crippen LogP contribution in [0.4, 0.5) is 0 Å². The maximum atomic E-state index is 8.70. The zero-order valence-corrected chi connectivity index (χ0v) is 12.0. The Morgan fingerprint density at radius 2 is 1.83 bits per heavy atom. The van der Waals surface area contributed by atoms with Gasteiger partial charge in [-0.3, -0.25) is 0 Å². The Hall–Kier alpha value is -0.860. The van der Waals surface area contributed by atoms with Crippen molar-refractivity contribution in [1.29, 1.82) is 0 Å². The van der Waals surface area contributed by atoms with E-state index in [2.05, 4.69) is 44.3 Å². The van der Waals surface area contributed by atoms with E-state index < -0.39 is 0 Å². The molecule has 0 spiro atoms. The van der Waals surface area contributed by atoms with Crippen LogP contribution in [0.3, 0.4) is 0 Å². The Labute approximate surface area is 111 Å². The van der Waals surface area contributed by atoms with Crippen molar-refractivity contribution in [3.63, 3.8) is 0 Å². The molecule has 0 saturated heterocycles. The van der Waals surface area contributed by atoms with Crippen LogP contribution in [0.15, 0.2) is 18.2 Å². The van der Waals surface area contributed by atoms with Crippen molar-refractivity contribution in [2.24, 2.45) is 0 Å². The molecule has 0 fully saturated rings. The fourth-order valence-corrected chi connectivity index (χ4v) is 2.25. The van der Waals surface area contributed by atoms with Crippen molar-refractivity contribution in [3.8, 4) is 0 Å². The van der Waals surface area contributed by atoms with Crippen LogP contribution in [0, 0.1) is 13.8 Å². The molecule has 1 aromatic carbocycles. The fraction of sp³-hybridized carbons (Fsp3) is 0.625. The molecule has 0 aliphatic carbocycles. The number of nitrogens with one attached hydrogen (secondary N) is 1. The van der Waals surface area contributed by atoms with Crippen molar-refractivity contribution in [2.75, 3.05) is 13.2 Å².